The predicted octanol–water partition coefficient (Wildman–Crippen LogP) is 3.71. The van der Waals surface area contributed by atoms with E-state index in [1.54, 1.807) is 12.1 Å². The quantitative estimate of drug-likeness (QED) is 0.578. The summed E-state index contributed by atoms with van der Waals surface area (Å²) in [5, 5.41) is 15.5. The van der Waals surface area contributed by atoms with Crippen LogP contribution in [0.3, 0.4) is 0 Å². The van der Waals surface area contributed by atoms with E-state index in [-0.39, 0.29) is 0 Å². The van der Waals surface area contributed by atoms with Gasteiger partial charge in [0.25, 0.3) is 5.89 Å². The first-order valence-electron chi connectivity index (χ1n) is 8.75. The van der Waals surface area contributed by atoms with Gasteiger partial charge in [0.2, 0.25) is 5.82 Å². The molecule has 0 unspecified atom stereocenters. The van der Waals surface area contributed by atoms with E-state index in [1.165, 1.54) is 0 Å². The molecule has 0 saturated heterocycles. The molecule has 0 atom stereocenters. The Hall–Kier alpha value is -3.94. The SMILES string of the molecule is c1ccc(-c2noc(-c3ccc(Nc4ccc5c(c4)OCCO5)nn3)n2)cc1. The molecule has 0 saturated carbocycles. The number of benzene rings is 2. The average Bonchev–Trinajstić information content (AvgIpc) is 3.25. The highest BCUT2D eigenvalue weighted by molar-refractivity contribution is 5.63. The van der Waals surface area contributed by atoms with Crippen LogP contribution in [0.4, 0.5) is 11.5 Å². The van der Waals surface area contributed by atoms with Crippen molar-refractivity contribution in [3.05, 3.63) is 60.7 Å². The van der Waals surface area contributed by atoms with Gasteiger partial charge in [-0.25, -0.2) is 0 Å². The topological polar surface area (TPSA) is 95.2 Å². The van der Waals surface area contributed by atoms with E-state index in [0.29, 0.717) is 42.2 Å². The Morgan fingerprint density at radius 1 is 0.821 bits per heavy atom. The number of hydrogen-bond donors (Lipinski definition) is 1. The molecule has 5 rings (SSSR count). The predicted molar refractivity (Wildman–Crippen MR) is 101 cm³/mol. The first-order chi connectivity index (χ1) is 13.8. The largest absolute Gasteiger partial charge is 0.486 e. The Kier molecular flexibility index (Phi) is 4.06. The highest BCUT2D eigenvalue weighted by Crippen LogP contribution is 2.33. The molecule has 2 aromatic carbocycles. The van der Waals surface area contributed by atoms with Crippen molar-refractivity contribution in [1.82, 2.24) is 20.3 Å². The Morgan fingerprint density at radius 3 is 2.50 bits per heavy atom. The first-order valence-corrected chi connectivity index (χ1v) is 8.75. The van der Waals surface area contributed by atoms with Crippen LogP contribution in [0, 0.1) is 0 Å². The number of fused-ring (bicyclic) bond motifs is 1. The van der Waals surface area contributed by atoms with Crippen molar-refractivity contribution in [3.63, 3.8) is 0 Å². The third-order valence-electron chi connectivity index (χ3n) is 4.16. The fourth-order valence-electron chi connectivity index (χ4n) is 2.81. The van der Waals surface area contributed by atoms with Crippen LogP contribution in [0.25, 0.3) is 23.0 Å². The van der Waals surface area contributed by atoms with Crippen molar-refractivity contribution >= 4 is 11.5 Å². The van der Waals surface area contributed by atoms with Crippen LogP contribution in [0.2, 0.25) is 0 Å². The van der Waals surface area contributed by atoms with Gasteiger partial charge in [-0.15, -0.1) is 10.2 Å². The van der Waals surface area contributed by atoms with E-state index in [1.807, 2.05) is 48.5 Å². The standard InChI is InChI=1S/C20H15N5O3/c1-2-4-13(5-3-1)19-22-20(28-25-19)15-7-9-18(24-23-15)21-14-6-8-16-17(12-14)27-11-10-26-16/h1-9,12H,10-11H2,(H,21,24). The van der Waals surface area contributed by atoms with Gasteiger partial charge in [0.1, 0.15) is 13.2 Å². The van der Waals surface area contributed by atoms with E-state index in [0.717, 1.165) is 17.0 Å². The lowest BCUT2D eigenvalue weighted by molar-refractivity contribution is 0.171. The highest BCUT2D eigenvalue weighted by Gasteiger charge is 2.14. The zero-order chi connectivity index (χ0) is 18.8. The second kappa shape index (κ2) is 6.99. The molecule has 3 heterocycles. The summed E-state index contributed by atoms with van der Waals surface area (Å²) in [7, 11) is 0. The van der Waals surface area contributed by atoms with Crippen LogP contribution in [0.15, 0.2) is 65.2 Å². The molecule has 0 amide bonds. The molecular formula is C20H15N5O3. The molecular weight excluding hydrogens is 358 g/mol. The minimum Gasteiger partial charge on any atom is -0.486 e. The average molecular weight is 373 g/mol. The number of ether oxygens (including phenoxy) is 2. The maximum absolute atomic E-state index is 5.59. The molecule has 0 aliphatic carbocycles. The lowest BCUT2D eigenvalue weighted by Crippen LogP contribution is -2.15. The Balaban J connectivity index is 1.33. The molecule has 4 aromatic rings. The van der Waals surface area contributed by atoms with Gasteiger partial charge in [-0.1, -0.05) is 35.5 Å². The molecule has 0 radical (unpaired) electrons. The zero-order valence-electron chi connectivity index (χ0n) is 14.7. The summed E-state index contributed by atoms with van der Waals surface area (Å²) in [4.78, 5) is 4.38. The number of nitrogens with zero attached hydrogens (tertiary/aromatic N) is 4. The Labute approximate surface area is 160 Å². The van der Waals surface area contributed by atoms with Crippen LogP contribution >= 0.6 is 0 Å². The summed E-state index contributed by atoms with van der Waals surface area (Å²) in [6.07, 6.45) is 0. The van der Waals surface area contributed by atoms with E-state index in [2.05, 4.69) is 25.7 Å². The van der Waals surface area contributed by atoms with E-state index >= 15 is 0 Å². The van der Waals surface area contributed by atoms with Crippen molar-refractivity contribution in [2.45, 2.75) is 0 Å². The molecule has 2 aromatic heterocycles. The molecule has 8 heteroatoms. The van der Waals surface area contributed by atoms with Gasteiger partial charge >= 0.3 is 0 Å². The zero-order valence-corrected chi connectivity index (χ0v) is 14.7. The highest BCUT2D eigenvalue weighted by atomic mass is 16.6. The molecule has 1 aliphatic rings. The number of hydrogen-bond acceptors (Lipinski definition) is 8. The van der Waals surface area contributed by atoms with E-state index in [9.17, 15) is 0 Å². The normalized spacial score (nSPS) is 12.6. The summed E-state index contributed by atoms with van der Waals surface area (Å²) < 4.78 is 16.4. The number of nitrogens with one attached hydrogen (secondary N) is 1. The molecule has 1 N–H and O–H groups in total. The summed E-state index contributed by atoms with van der Waals surface area (Å²) in [5.74, 6) is 2.86. The molecule has 28 heavy (non-hydrogen) atoms. The third kappa shape index (κ3) is 3.23. The second-order valence-corrected chi connectivity index (χ2v) is 6.08. The van der Waals surface area contributed by atoms with Crippen LogP contribution in [-0.2, 0) is 0 Å². The lowest BCUT2D eigenvalue weighted by atomic mass is 10.2. The Bertz CT molecular complexity index is 1100. The van der Waals surface area contributed by atoms with E-state index < -0.39 is 0 Å². The fraction of sp³-hybridized carbons (Fsp3) is 0.100. The molecule has 0 fully saturated rings. The fourth-order valence-corrected chi connectivity index (χ4v) is 2.81. The van der Waals surface area contributed by atoms with Gasteiger partial charge in [-0.3, -0.25) is 0 Å². The van der Waals surface area contributed by atoms with Gasteiger partial charge in [0.15, 0.2) is 23.0 Å². The minimum absolute atomic E-state index is 0.317. The number of aromatic nitrogens is 4. The van der Waals surface area contributed by atoms with Crippen LogP contribution in [-0.4, -0.2) is 33.6 Å². The van der Waals surface area contributed by atoms with Gasteiger partial charge in [0, 0.05) is 17.3 Å². The monoisotopic (exact) mass is 373 g/mol. The van der Waals surface area contributed by atoms with Crippen molar-refractivity contribution in [2.24, 2.45) is 0 Å². The molecule has 0 bridgehead atoms. The van der Waals surface area contributed by atoms with Crippen molar-refractivity contribution in [3.8, 4) is 34.5 Å². The first kappa shape index (κ1) is 16.2. The lowest BCUT2D eigenvalue weighted by Gasteiger charge is -2.19. The van der Waals surface area contributed by atoms with E-state index in [4.69, 9.17) is 14.0 Å². The maximum atomic E-state index is 5.59. The van der Waals surface area contributed by atoms with Gasteiger partial charge in [-0.2, -0.15) is 4.98 Å². The minimum atomic E-state index is 0.317. The van der Waals surface area contributed by atoms with Crippen LogP contribution in [0.5, 0.6) is 11.5 Å². The molecule has 1 aliphatic heterocycles. The summed E-state index contributed by atoms with van der Waals surface area (Å²) in [5.41, 5.74) is 2.21. The smallest absolute Gasteiger partial charge is 0.278 e. The number of rotatable bonds is 4. The second-order valence-electron chi connectivity index (χ2n) is 6.08. The van der Waals surface area contributed by atoms with Gasteiger partial charge < -0.3 is 19.3 Å². The van der Waals surface area contributed by atoms with Gasteiger partial charge in [-0.05, 0) is 24.3 Å². The van der Waals surface area contributed by atoms with Crippen LogP contribution in [0.1, 0.15) is 0 Å². The molecule has 8 nitrogen and oxygen atoms in total. The maximum Gasteiger partial charge on any atom is 0.278 e. The van der Waals surface area contributed by atoms with Gasteiger partial charge in [0.05, 0.1) is 0 Å². The van der Waals surface area contributed by atoms with Crippen LogP contribution < -0.4 is 14.8 Å². The van der Waals surface area contributed by atoms with Crippen molar-refractivity contribution < 1.29 is 14.0 Å². The summed E-state index contributed by atoms with van der Waals surface area (Å²) in [6, 6.07) is 18.8. The number of anilines is 2. The van der Waals surface area contributed by atoms with Crippen molar-refractivity contribution in [1.29, 1.82) is 0 Å². The summed E-state index contributed by atoms with van der Waals surface area (Å²) in [6.45, 7) is 1.11. The Morgan fingerprint density at radius 2 is 1.68 bits per heavy atom. The molecule has 0 spiro atoms. The molecule has 138 valence electrons. The summed E-state index contributed by atoms with van der Waals surface area (Å²) >= 11 is 0. The van der Waals surface area contributed by atoms with Crippen molar-refractivity contribution in [2.75, 3.05) is 18.5 Å². The third-order valence-corrected chi connectivity index (χ3v) is 4.16.